The normalized spacial score (nSPS) is 16.7. The van der Waals surface area contributed by atoms with E-state index >= 15 is 0 Å². The molecule has 25 heavy (non-hydrogen) atoms. The van der Waals surface area contributed by atoms with Crippen LogP contribution in [0.3, 0.4) is 0 Å². The van der Waals surface area contributed by atoms with E-state index in [0.717, 1.165) is 18.5 Å². The predicted octanol–water partition coefficient (Wildman–Crippen LogP) is 2.71. The van der Waals surface area contributed by atoms with E-state index in [0.29, 0.717) is 6.54 Å². The molecule has 1 aromatic heterocycles. The Morgan fingerprint density at radius 1 is 1.28 bits per heavy atom. The predicted molar refractivity (Wildman–Crippen MR) is 99.6 cm³/mol. The van der Waals surface area contributed by atoms with E-state index in [1.165, 1.54) is 10.4 Å². The second-order valence-corrected chi connectivity index (χ2v) is 6.88. The lowest BCUT2D eigenvalue weighted by Crippen LogP contribution is -2.46. The number of carbonyl (C=O) groups is 2. The van der Waals surface area contributed by atoms with Gasteiger partial charge in [0.2, 0.25) is 5.91 Å². The molecule has 0 radical (unpaired) electrons. The Hall–Kier alpha value is -2.44. The number of nitrogens with one attached hydrogen (secondary N) is 2. The van der Waals surface area contributed by atoms with E-state index in [2.05, 4.69) is 45.7 Å². The number of carbonyl (C=O) groups excluding carboxylic acids is 2. The van der Waals surface area contributed by atoms with Crippen LogP contribution in [-0.4, -0.2) is 36.5 Å². The topological polar surface area (TPSA) is 61.4 Å². The third-order valence-corrected chi connectivity index (χ3v) is 5.18. The summed E-state index contributed by atoms with van der Waals surface area (Å²) in [6.07, 6.45) is 2.49. The highest BCUT2D eigenvalue weighted by molar-refractivity contribution is 7.10. The Kier molecular flexibility index (Phi) is 5.63. The number of urea groups is 1. The van der Waals surface area contributed by atoms with E-state index in [-0.39, 0.29) is 18.5 Å². The van der Waals surface area contributed by atoms with Crippen molar-refractivity contribution in [2.24, 2.45) is 0 Å². The van der Waals surface area contributed by atoms with Gasteiger partial charge in [0.25, 0.3) is 0 Å². The fraction of sp³-hybridized carbons (Fsp3) is 0.263. The van der Waals surface area contributed by atoms with Crippen LogP contribution >= 0.6 is 11.3 Å². The number of rotatable bonds is 5. The molecule has 3 rings (SSSR count). The van der Waals surface area contributed by atoms with Gasteiger partial charge in [-0.1, -0.05) is 36.4 Å². The van der Waals surface area contributed by atoms with Crippen LogP contribution in [0.4, 0.5) is 4.79 Å². The highest BCUT2D eigenvalue weighted by Gasteiger charge is 2.30. The zero-order chi connectivity index (χ0) is 17.6. The minimum Gasteiger partial charge on any atom is -0.334 e. The molecule has 6 heteroatoms. The molecule has 3 amide bonds. The molecule has 1 aliphatic heterocycles. The first-order chi connectivity index (χ1) is 12.2. The molecule has 0 saturated carbocycles. The smallest absolute Gasteiger partial charge is 0.321 e. The number of nitrogens with zero attached hydrogens (tertiary/aromatic N) is 1. The van der Waals surface area contributed by atoms with Gasteiger partial charge in [0.15, 0.2) is 0 Å². The van der Waals surface area contributed by atoms with Crippen molar-refractivity contribution in [2.45, 2.75) is 12.5 Å². The van der Waals surface area contributed by atoms with Crippen LogP contribution in [0.25, 0.3) is 0 Å². The summed E-state index contributed by atoms with van der Waals surface area (Å²) in [6, 6.07) is 11.9. The Bertz CT molecular complexity index is 757. The van der Waals surface area contributed by atoms with Gasteiger partial charge in [0.05, 0.1) is 12.6 Å². The van der Waals surface area contributed by atoms with E-state index in [1.807, 2.05) is 18.2 Å². The van der Waals surface area contributed by atoms with Crippen LogP contribution in [0, 0.1) is 0 Å². The maximum atomic E-state index is 12.3. The Morgan fingerprint density at radius 3 is 2.84 bits per heavy atom. The molecule has 1 aliphatic rings. The minimum absolute atomic E-state index is 0.0400. The Morgan fingerprint density at radius 2 is 2.08 bits per heavy atom. The van der Waals surface area contributed by atoms with E-state index in [1.54, 1.807) is 17.4 Å². The van der Waals surface area contributed by atoms with Crippen molar-refractivity contribution in [2.75, 3.05) is 19.6 Å². The van der Waals surface area contributed by atoms with Crippen LogP contribution < -0.4 is 10.6 Å². The van der Waals surface area contributed by atoms with Crippen molar-refractivity contribution in [3.63, 3.8) is 0 Å². The number of thiophene rings is 1. The summed E-state index contributed by atoms with van der Waals surface area (Å²) in [5.41, 5.74) is 2.41. The lowest BCUT2D eigenvalue weighted by Gasteiger charge is -2.35. The van der Waals surface area contributed by atoms with Gasteiger partial charge in [-0.25, -0.2) is 4.79 Å². The van der Waals surface area contributed by atoms with Gasteiger partial charge in [-0.3, -0.25) is 15.0 Å². The monoisotopic (exact) mass is 355 g/mol. The maximum Gasteiger partial charge on any atom is 0.321 e. The van der Waals surface area contributed by atoms with Gasteiger partial charge in [-0.15, -0.1) is 17.9 Å². The van der Waals surface area contributed by atoms with Gasteiger partial charge < -0.3 is 5.32 Å². The molecule has 2 aromatic rings. The summed E-state index contributed by atoms with van der Waals surface area (Å²) < 4.78 is 0. The molecule has 0 spiro atoms. The first-order valence-electron chi connectivity index (χ1n) is 8.23. The summed E-state index contributed by atoms with van der Waals surface area (Å²) in [5.74, 6) is -0.304. The lowest BCUT2D eigenvalue weighted by molar-refractivity contribution is -0.121. The fourth-order valence-corrected chi connectivity index (χ4v) is 4.03. The van der Waals surface area contributed by atoms with Crippen LogP contribution in [-0.2, 0) is 11.2 Å². The Labute approximate surface area is 151 Å². The molecule has 0 fully saturated rings. The molecular weight excluding hydrogens is 334 g/mol. The number of benzene rings is 1. The first-order valence-corrected chi connectivity index (χ1v) is 9.11. The molecule has 0 saturated heterocycles. The van der Waals surface area contributed by atoms with Crippen molar-refractivity contribution in [3.8, 4) is 0 Å². The van der Waals surface area contributed by atoms with Gasteiger partial charge in [-0.05, 0) is 29.0 Å². The second-order valence-electron chi connectivity index (χ2n) is 5.88. The summed E-state index contributed by atoms with van der Waals surface area (Å²) in [5, 5.41) is 7.03. The number of hydrogen-bond donors (Lipinski definition) is 2. The van der Waals surface area contributed by atoms with Crippen molar-refractivity contribution >= 4 is 23.3 Å². The number of imide groups is 1. The third kappa shape index (κ3) is 4.15. The molecule has 130 valence electrons. The van der Waals surface area contributed by atoms with Crippen LogP contribution in [0.2, 0.25) is 0 Å². The van der Waals surface area contributed by atoms with Crippen LogP contribution in [0.1, 0.15) is 22.0 Å². The van der Waals surface area contributed by atoms with Crippen LogP contribution in [0.5, 0.6) is 0 Å². The second kappa shape index (κ2) is 8.09. The number of fused-ring (bicyclic) bond motifs is 1. The maximum absolute atomic E-state index is 12.3. The van der Waals surface area contributed by atoms with E-state index in [4.69, 9.17) is 0 Å². The molecule has 0 unspecified atom stereocenters. The molecule has 1 atom stereocenters. The quantitative estimate of drug-likeness (QED) is 0.811. The number of amides is 3. The van der Waals surface area contributed by atoms with Gasteiger partial charge in [0.1, 0.15) is 0 Å². The van der Waals surface area contributed by atoms with Crippen molar-refractivity contribution in [1.29, 1.82) is 0 Å². The summed E-state index contributed by atoms with van der Waals surface area (Å²) >= 11 is 1.76. The van der Waals surface area contributed by atoms with Gasteiger partial charge in [0, 0.05) is 18.0 Å². The summed E-state index contributed by atoms with van der Waals surface area (Å²) in [7, 11) is 0. The van der Waals surface area contributed by atoms with Gasteiger partial charge in [-0.2, -0.15) is 0 Å². The molecule has 1 aromatic carbocycles. The Balaban J connectivity index is 1.75. The minimum atomic E-state index is -0.491. The average Bonchev–Trinajstić information content (AvgIpc) is 3.09. The molecule has 2 N–H and O–H groups in total. The average molecular weight is 355 g/mol. The molecule has 5 nitrogen and oxygen atoms in total. The van der Waals surface area contributed by atoms with E-state index < -0.39 is 6.03 Å². The van der Waals surface area contributed by atoms with E-state index in [9.17, 15) is 9.59 Å². The van der Waals surface area contributed by atoms with Crippen molar-refractivity contribution < 1.29 is 9.59 Å². The van der Waals surface area contributed by atoms with Gasteiger partial charge >= 0.3 is 6.03 Å². The zero-order valence-corrected chi connectivity index (χ0v) is 14.7. The van der Waals surface area contributed by atoms with Crippen molar-refractivity contribution in [3.05, 3.63) is 70.4 Å². The first kappa shape index (κ1) is 17.4. The fourth-order valence-electron chi connectivity index (χ4n) is 3.12. The zero-order valence-electron chi connectivity index (χ0n) is 13.9. The molecule has 0 bridgehead atoms. The summed E-state index contributed by atoms with van der Waals surface area (Å²) in [4.78, 5) is 27.4. The highest BCUT2D eigenvalue weighted by atomic mass is 32.1. The highest BCUT2D eigenvalue weighted by Crippen LogP contribution is 2.37. The molecule has 2 heterocycles. The number of hydrogen-bond acceptors (Lipinski definition) is 4. The van der Waals surface area contributed by atoms with Crippen molar-refractivity contribution in [1.82, 2.24) is 15.5 Å². The molecular formula is C19H21N3O2S. The summed E-state index contributed by atoms with van der Waals surface area (Å²) in [6.45, 7) is 4.82. The van der Waals surface area contributed by atoms with Crippen LogP contribution in [0.15, 0.2) is 54.4 Å². The standard InChI is InChI=1S/C19H21N3O2S/c1-2-10-20-19(24)21-17(23)13-22-11-8-16-15(9-12-25-16)18(22)14-6-4-3-5-7-14/h2-7,9,12,18H,1,8,10-11,13H2,(H2,20,21,23,24)/t18-/m1/s1. The molecule has 0 aliphatic carbocycles. The largest absolute Gasteiger partial charge is 0.334 e. The lowest BCUT2D eigenvalue weighted by atomic mass is 9.93. The third-order valence-electron chi connectivity index (χ3n) is 4.19. The SMILES string of the molecule is C=CCNC(=O)NC(=O)CN1CCc2sccc2[C@H]1c1ccccc1.